The van der Waals surface area contributed by atoms with Crippen LogP contribution in [-0.2, 0) is 0 Å². The summed E-state index contributed by atoms with van der Waals surface area (Å²) in [6, 6.07) is 13.8. The molecule has 0 aliphatic carbocycles. The summed E-state index contributed by atoms with van der Waals surface area (Å²) in [7, 11) is 0. The summed E-state index contributed by atoms with van der Waals surface area (Å²) in [5, 5.41) is 23.3. The van der Waals surface area contributed by atoms with E-state index in [0.29, 0.717) is 11.0 Å². The predicted molar refractivity (Wildman–Crippen MR) is 107 cm³/mol. The first-order chi connectivity index (χ1) is 13.4. The number of para-hydroxylation sites is 2. The second-order valence-corrected chi connectivity index (χ2v) is 6.23. The second kappa shape index (κ2) is 9.29. The summed E-state index contributed by atoms with van der Waals surface area (Å²) >= 11 is 0. The number of benzene rings is 2. The first-order valence-electron chi connectivity index (χ1n) is 8.51. The predicted octanol–water partition coefficient (Wildman–Crippen LogP) is 1.43. The maximum Gasteiger partial charge on any atom is 2.00 e. The zero-order valence-corrected chi connectivity index (χ0v) is 17.0. The Hall–Kier alpha value is -3.27. The van der Waals surface area contributed by atoms with Crippen molar-refractivity contribution in [3.63, 3.8) is 0 Å². The first kappa shape index (κ1) is 22.0. The van der Waals surface area contributed by atoms with Gasteiger partial charge in [-0.25, -0.2) is 0 Å². The van der Waals surface area contributed by atoms with Gasteiger partial charge < -0.3 is 19.8 Å². The van der Waals surface area contributed by atoms with Crippen molar-refractivity contribution in [2.24, 2.45) is 0 Å². The number of carboxylic acids is 2. The maximum absolute atomic E-state index is 10.8. The molecule has 141 valence electrons. The standard InChI is InChI=1S/2C11H9NO2.Al/c2*1-7-5-6-12-10-8(7)3-2-4-9(10)11(13)14;/h2*2-6H,1H3,(H,13,14);/q;;+2/p-2. The molecule has 7 heteroatoms. The molecular formula is C22H16AlN2O4. The van der Waals surface area contributed by atoms with Crippen molar-refractivity contribution in [2.45, 2.75) is 13.8 Å². The van der Waals surface area contributed by atoms with Crippen LogP contribution in [0.15, 0.2) is 60.9 Å². The Morgan fingerprint density at radius 3 is 1.41 bits per heavy atom. The Kier molecular flexibility index (Phi) is 7.05. The van der Waals surface area contributed by atoms with E-state index in [1.165, 1.54) is 12.1 Å². The SMILES string of the molecule is Cc1ccnc2c(C(=O)[O-])cccc12.Cc1ccnc2c(C(=O)[O-])cccc12.[Al+2]. The van der Waals surface area contributed by atoms with Gasteiger partial charge >= 0.3 is 17.4 Å². The van der Waals surface area contributed by atoms with Crippen molar-refractivity contribution in [3.05, 3.63) is 83.2 Å². The Bertz CT molecular complexity index is 1110. The number of fused-ring (bicyclic) bond motifs is 2. The van der Waals surface area contributed by atoms with Gasteiger partial charge in [0, 0.05) is 34.3 Å². The molecule has 0 fully saturated rings. The van der Waals surface area contributed by atoms with Gasteiger partial charge in [0.25, 0.3) is 0 Å². The summed E-state index contributed by atoms with van der Waals surface area (Å²) in [5.41, 5.74) is 3.30. The molecule has 0 saturated heterocycles. The van der Waals surface area contributed by atoms with Gasteiger partial charge in [-0.05, 0) is 37.1 Å². The van der Waals surface area contributed by atoms with Crippen molar-refractivity contribution in [2.75, 3.05) is 0 Å². The molecule has 0 atom stereocenters. The van der Waals surface area contributed by atoms with Crippen LogP contribution in [0, 0.1) is 13.8 Å². The third-order valence-corrected chi connectivity index (χ3v) is 4.42. The average Bonchev–Trinajstić information content (AvgIpc) is 2.68. The van der Waals surface area contributed by atoms with Crippen LogP contribution in [0.1, 0.15) is 31.8 Å². The summed E-state index contributed by atoms with van der Waals surface area (Å²) in [4.78, 5) is 29.6. The monoisotopic (exact) mass is 399 g/mol. The van der Waals surface area contributed by atoms with Crippen LogP contribution >= 0.6 is 0 Å². The fourth-order valence-corrected chi connectivity index (χ4v) is 2.96. The number of aryl methyl sites for hydroxylation is 2. The van der Waals surface area contributed by atoms with E-state index >= 15 is 0 Å². The fourth-order valence-electron chi connectivity index (χ4n) is 2.96. The summed E-state index contributed by atoms with van der Waals surface area (Å²) in [6.45, 7) is 3.84. The van der Waals surface area contributed by atoms with Crippen molar-refractivity contribution in [3.8, 4) is 0 Å². The van der Waals surface area contributed by atoms with Crippen LogP contribution in [0.5, 0.6) is 0 Å². The van der Waals surface area contributed by atoms with E-state index in [1.807, 2.05) is 38.1 Å². The van der Waals surface area contributed by atoms with Crippen LogP contribution in [0.2, 0.25) is 0 Å². The molecule has 1 radical (unpaired) electrons. The van der Waals surface area contributed by atoms with Crippen molar-refractivity contribution >= 4 is 51.1 Å². The third-order valence-electron chi connectivity index (χ3n) is 4.42. The first-order valence-corrected chi connectivity index (χ1v) is 8.51. The molecule has 0 aliphatic rings. The minimum absolute atomic E-state index is 0. The minimum atomic E-state index is -1.19. The van der Waals surface area contributed by atoms with Crippen LogP contribution in [0.25, 0.3) is 21.8 Å². The van der Waals surface area contributed by atoms with E-state index in [-0.39, 0.29) is 28.5 Å². The van der Waals surface area contributed by atoms with Gasteiger partial charge in [-0.1, -0.05) is 36.4 Å². The van der Waals surface area contributed by atoms with Crippen LogP contribution in [0.4, 0.5) is 0 Å². The Balaban J connectivity index is 0.000000200. The number of aromatic carboxylic acids is 2. The topological polar surface area (TPSA) is 106 Å². The molecule has 0 spiro atoms. The Morgan fingerprint density at radius 1 is 0.690 bits per heavy atom. The minimum Gasteiger partial charge on any atom is -0.545 e. The number of hydrogen-bond donors (Lipinski definition) is 0. The molecule has 0 saturated carbocycles. The number of carbonyl (C=O) groups is 2. The summed E-state index contributed by atoms with van der Waals surface area (Å²) < 4.78 is 0. The van der Waals surface area contributed by atoms with E-state index in [1.54, 1.807) is 24.5 Å². The van der Waals surface area contributed by atoms with Crippen molar-refractivity contribution < 1.29 is 19.8 Å². The Labute approximate surface area is 178 Å². The molecule has 0 amide bonds. The maximum atomic E-state index is 10.8. The van der Waals surface area contributed by atoms with Gasteiger partial charge in [-0.3, -0.25) is 9.97 Å². The number of aromatic nitrogens is 2. The number of pyridine rings is 2. The van der Waals surface area contributed by atoms with Crippen LogP contribution in [-0.4, -0.2) is 39.3 Å². The van der Waals surface area contributed by atoms with E-state index in [4.69, 9.17) is 0 Å². The van der Waals surface area contributed by atoms with Gasteiger partial charge in [0.05, 0.1) is 23.0 Å². The largest absolute Gasteiger partial charge is 2.00 e. The van der Waals surface area contributed by atoms with Crippen LogP contribution in [0.3, 0.4) is 0 Å². The van der Waals surface area contributed by atoms with E-state index in [0.717, 1.165) is 21.9 Å². The van der Waals surface area contributed by atoms with Gasteiger partial charge in [0.1, 0.15) is 0 Å². The normalized spacial score (nSPS) is 10.0. The molecule has 0 aliphatic heterocycles. The number of carboxylic acid groups (broad SMARTS) is 2. The number of rotatable bonds is 2. The molecule has 0 unspecified atom stereocenters. The fraction of sp³-hybridized carbons (Fsp3) is 0.0909. The molecule has 0 N–H and O–H groups in total. The molecule has 0 bridgehead atoms. The molecule has 6 nitrogen and oxygen atoms in total. The molecule has 4 aromatic rings. The second-order valence-electron chi connectivity index (χ2n) is 6.23. The zero-order chi connectivity index (χ0) is 20.3. The summed E-state index contributed by atoms with van der Waals surface area (Å²) in [6.07, 6.45) is 3.20. The molecule has 2 aromatic carbocycles. The van der Waals surface area contributed by atoms with Gasteiger partial charge in [0.2, 0.25) is 0 Å². The third kappa shape index (κ3) is 4.60. The number of carbonyl (C=O) groups excluding carboxylic acids is 2. The van der Waals surface area contributed by atoms with Crippen LogP contribution < -0.4 is 10.2 Å². The Morgan fingerprint density at radius 2 is 1.07 bits per heavy atom. The van der Waals surface area contributed by atoms with Gasteiger partial charge in [0.15, 0.2) is 0 Å². The summed E-state index contributed by atoms with van der Waals surface area (Å²) in [5.74, 6) is -2.37. The smallest absolute Gasteiger partial charge is 0.545 e. The van der Waals surface area contributed by atoms with Crippen molar-refractivity contribution in [1.29, 1.82) is 0 Å². The van der Waals surface area contributed by atoms with Gasteiger partial charge in [-0.2, -0.15) is 0 Å². The quantitative estimate of drug-likeness (QED) is 0.472. The number of nitrogens with zero attached hydrogens (tertiary/aromatic N) is 2. The molecule has 2 heterocycles. The molecule has 29 heavy (non-hydrogen) atoms. The zero-order valence-electron chi connectivity index (χ0n) is 15.9. The molecule has 4 rings (SSSR count). The molecule has 2 aromatic heterocycles. The average molecular weight is 399 g/mol. The van der Waals surface area contributed by atoms with E-state index in [2.05, 4.69) is 9.97 Å². The van der Waals surface area contributed by atoms with E-state index < -0.39 is 11.9 Å². The van der Waals surface area contributed by atoms with E-state index in [9.17, 15) is 19.8 Å². The number of hydrogen-bond acceptors (Lipinski definition) is 6. The van der Waals surface area contributed by atoms with Crippen molar-refractivity contribution in [1.82, 2.24) is 9.97 Å². The van der Waals surface area contributed by atoms with Gasteiger partial charge in [-0.15, -0.1) is 0 Å². The molecular weight excluding hydrogens is 383 g/mol.